The first-order chi connectivity index (χ1) is 12.0. The number of nitrogens with one attached hydrogen (secondary N) is 2. The molecule has 142 valence electrons. The number of amides is 1. The van der Waals surface area contributed by atoms with Crippen LogP contribution in [0.25, 0.3) is 0 Å². The quantitative estimate of drug-likeness (QED) is 0.760. The van der Waals surface area contributed by atoms with E-state index in [1.807, 2.05) is 6.07 Å². The number of carbonyl (C=O) groups excluding carboxylic acids is 1. The molecular formula is C21H29ClN2OS. The van der Waals surface area contributed by atoms with Gasteiger partial charge in [-0.25, -0.2) is 0 Å². The van der Waals surface area contributed by atoms with Gasteiger partial charge in [-0.3, -0.25) is 4.79 Å². The number of halogens is 1. The summed E-state index contributed by atoms with van der Waals surface area (Å²) < 4.78 is 0. The highest BCUT2D eigenvalue weighted by Crippen LogP contribution is 2.28. The van der Waals surface area contributed by atoms with Crippen molar-refractivity contribution in [3.63, 3.8) is 0 Å². The van der Waals surface area contributed by atoms with Crippen LogP contribution in [-0.4, -0.2) is 18.5 Å². The van der Waals surface area contributed by atoms with Crippen molar-refractivity contribution >= 4 is 29.7 Å². The van der Waals surface area contributed by atoms with Gasteiger partial charge in [0.15, 0.2) is 0 Å². The molecule has 1 unspecified atom stereocenters. The first-order valence-electron chi connectivity index (χ1n) is 9.21. The summed E-state index contributed by atoms with van der Waals surface area (Å²) in [6.07, 6.45) is 1.83. The first-order valence-corrected chi connectivity index (χ1v) is 10.1. The van der Waals surface area contributed by atoms with Gasteiger partial charge in [-0.15, -0.1) is 23.7 Å². The zero-order chi connectivity index (χ0) is 17.8. The molecule has 3 nitrogen and oxygen atoms in total. The van der Waals surface area contributed by atoms with Crippen LogP contribution in [0.4, 0.5) is 0 Å². The number of piperidine rings is 1. The molecule has 0 aliphatic carbocycles. The van der Waals surface area contributed by atoms with Gasteiger partial charge in [-0.1, -0.05) is 44.2 Å². The van der Waals surface area contributed by atoms with Crippen LogP contribution in [-0.2, 0) is 4.79 Å². The van der Waals surface area contributed by atoms with E-state index in [0.29, 0.717) is 12.0 Å². The van der Waals surface area contributed by atoms with Crippen LogP contribution >= 0.6 is 23.7 Å². The topological polar surface area (TPSA) is 41.1 Å². The summed E-state index contributed by atoms with van der Waals surface area (Å²) in [5, 5.41) is 8.81. The Bertz CT molecular complexity index is 685. The Hall–Kier alpha value is -1.36. The lowest BCUT2D eigenvalue weighted by atomic mass is 9.91. The van der Waals surface area contributed by atoms with Gasteiger partial charge < -0.3 is 10.6 Å². The van der Waals surface area contributed by atoms with Crippen LogP contribution in [0.3, 0.4) is 0 Å². The fraction of sp³-hybridized carbons (Fsp3) is 0.476. The van der Waals surface area contributed by atoms with E-state index in [9.17, 15) is 4.79 Å². The molecule has 1 aromatic carbocycles. The molecule has 2 heterocycles. The third-order valence-electron chi connectivity index (χ3n) is 5.05. The van der Waals surface area contributed by atoms with Crippen LogP contribution in [0.5, 0.6) is 0 Å². The SMILES string of the molecule is CC(C)c1ccc(C(NC(=O)[C@H]2CCN[C@@H](C)C2)c2cccs2)cc1.Cl. The Morgan fingerprint density at radius 1 is 1.19 bits per heavy atom. The lowest BCUT2D eigenvalue weighted by Gasteiger charge is -2.29. The lowest BCUT2D eigenvalue weighted by Crippen LogP contribution is -2.43. The van der Waals surface area contributed by atoms with E-state index in [4.69, 9.17) is 0 Å². The van der Waals surface area contributed by atoms with Crippen LogP contribution in [0, 0.1) is 5.92 Å². The van der Waals surface area contributed by atoms with Gasteiger partial charge in [-0.2, -0.15) is 0 Å². The Morgan fingerprint density at radius 2 is 1.88 bits per heavy atom. The van der Waals surface area contributed by atoms with Crippen molar-refractivity contribution in [2.75, 3.05) is 6.54 Å². The van der Waals surface area contributed by atoms with Gasteiger partial charge in [0, 0.05) is 16.8 Å². The number of hydrogen-bond donors (Lipinski definition) is 2. The summed E-state index contributed by atoms with van der Waals surface area (Å²) in [5.74, 6) is 0.799. The van der Waals surface area contributed by atoms with Crippen molar-refractivity contribution in [1.29, 1.82) is 0 Å². The summed E-state index contributed by atoms with van der Waals surface area (Å²) in [4.78, 5) is 14.1. The van der Waals surface area contributed by atoms with E-state index in [0.717, 1.165) is 24.9 Å². The molecule has 0 bridgehead atoms. The Morgan fingerprint density at radius 3 is 2.46 bits per heavy atom. The lowest BCUT2D eigenvalue weighted by molar-refractivity contribution is -0.126. The number of carbonyl (C=O) groups is 1. The van der Waals surface area contributed by atoms with Gasteiger partial charge >= 0.3 is 0 Å². The first kappa shape index (κ1) is 20.9. The second-order valence-electron chi connectivity index (χ2n) is 7.35. The van der Waals surface area contributed by atoms with E-state index in [1.165, 1.54) is 10.4 Å². The summed E-state index contributed by atoms with van der Waals surface area (Å²) in [7, 11) is 0. The van der Waals surface area contributed by atoms with Crippen molar-refractivity contribution in [3.8, 4) is 0 Å². The minimum Gasteiger partial charge on any atom is -0.344 e. The standard InChI is InChI=1S/C21H28N2OS.ClH/c1-14(2)16-6-8-17(9-7-16)20(19-5-4-12-25-19)23-21(24)18-10-11-22-15(3)13-18;/h4-9,12,14-15,18,20,22H,10-11,13H2,1-3H3,(H,23,24);1H/t15-,18-,20?;/m0./s1. The maximum atomic E-state index is 12.9. The Kier molecular flexibility index (Phi) is 7.69. The summed E-state index contributed by atoms with van der Waals surface area (Å²) in [6.45, 7) is 7.48. The minimum atomic E-state index is -0.0566. The third-order valence-corrected chi connectivity index (χ3v) is 5.98. The predicted molar refractivity (Wildman–Crippen MR) is 112 cm³/mol. The van der Waals surface area contributed by atoms with Gasteiger partial charge in [0.05, 0.1) is 6.04 Å². The molecule has 1 aliphatic rings. The molecule has 2 aromatic rings. The average molecular weight is 393 g/mol. The second-order valence-corrected chi connectivity index (χ2v) is 8.33. The summed E-state index contributed by atoms with van der Waals surface area (Å²) >= 11 is 1.70. The predicted octanol–water partition coefficient (Wildman–Crippen LogP) is 4.89. The Labute approximate surface area is 167 Å². The molecule has 0 spiro atoms. The van der Waals surface area contributed by atoms with Crippen molar-refractivity contribution in [1.82, 2.24) is 10.6 Å². The highest BCUT2D eigenvalue weighted by atomic mass is 35.5. The van der Waals surface area contributed by atoms with Gasteiger partial charge in [0.25, 0.3) is 0 Å². The molecule has 26 heavy (non-hydrogen) atoms. The van der Waals surface area contributed by atoms with E-state index in [1.54, 1.807) is 11.3 Å². The molecule has 5 heteroatoms. The smallest absolute Gasteiger partial charge is 0.223 e. The molecule has 0 saturated carbocycles. The number of benzene rings is 1. The number of hydrogen-bond acceptors (Lipinski definition) is 3. The molecule has 1 amide bonds. The van der Waals surface area contributed by atoms with Gasteiger partial charge in [-0.05, 0) is 54.8 Å². The largest absolute Gasteiger partial charge is 0.344 e. The van der Waals surface area contributed by atoms with Crippen molar-refractivity contribution in [3.05, 3.63) is 57.8 Å². The molecule has 1 aromatic heterocycles. The van der Waals surface area contributed by atoms with Gasteiger partial charge in [0.1, 0.15) is 0 Å². The molecule has 0 radical (unpaired) electrons. The molecule has 1 aliphatic heterocycles. The Balaban J connectivity index is 0.00000243. The fourth-order valence-electron chi connectivity index (χ4n) is 3.48. The molecular weight excluding hydrogens is 364 g/mol. The molecule has 3 rings (SSSR count). The molecule has 3 atom stereocenters. The zero-order valence-electron chi connectivity index (χ0n) is 15.7. The minimum absolute atomic E-state index is 0. The van der Waals surface area contributed by atoms with Crippen LogP contribution in [0.2, 0.25) is 0 Å². The summed E-state index contributed by atoms with van der Waals surface area (Å²) in [5.41, 5.74) is 2.48. The van der Waals surface area contributed by atoms with E-state index < -0.39 is 0 Å². The normalized spacial score (nSPS) is 21.1. The summed E-state index contributed by atoms with van der Waals surface area (Å²) in [6, 6.07) is 13.2. The molecule has 1 saturated heterocycles. The maximum Gasteiger partial charge on any atom is 0.223 e. The monoisotopic (exact) mass is 392 g/mol. The van der Waals surface area contributed by atoms with Crippen molar-refractivity contribution < 1.29 is 4.79 Å². The van der Waals surface area contributed by atoms with Crippen LogP contribution in [0.15, 0.2) is 41.8 Å². The van der Waals surface area contributed by atoms with Gasteiger partial charge in [0.2, 0.25) is 5.91 Å². The van der Waals surface area contributed by atoms with Crippen LogP contribution in [0.1, 0.15) is 61.6 Å². The average Bonchev–Trinajstić information content (AvgIpc) is 3.14. The van der Waals surface area contributed by atoms with E-state index in [2.05, 4.69) is 67.1 Å². The van der Waals surface area contributed by atoms with E-state index >= 15 is 0 Å². The second kappa shape index (κ2) is 9.54. The van der Waals surface area contributed by atoms with Crippen LogP contribution < -0.4 is 10.6 Å². The fourth-order valence-corrected chi connectivity index (χ4v) is 4.28. The number of rotatable bonds is 5. The zero-order valence-corrected chi connectivity index (χ0v) is 17.3. The molecule has 2 N–H and O–H groups in total. The van der Waals surface area contributed by atoms with E-state index in [-0.39, 0.29) is 30.3 Å². The number of thiophene rings is 1. The van der Waals surface area contributed by atoms with Crippen molar-refractivity contribution in [2.24, 2.45) is 5.92 Å². The molecule has 1 fully saturated rings. The highest BCUT2D eigenvalue weighted by molar-refractivity contribution is 7.10. The maximum absolute atomic E-state index is 12.9. The third kappa shape index (κ3) is 5.09. The highest BCUT2D eigenvalue weighted by Gasteiger charge is 2.27. The van der Waals surface area contributed by atoms with Crippen molar-refractivity contribution in [2.45, 2.75) is 51.6 Å².